The van der Waals surface area contributed by atoms with Crippen molar-refractivity contribution in [1.82, 2.24) is 9.97 Å². The minimum absolute atomic E-state index is 0.0283. The molecule has 70 valence electrons. The highest BCUT2D eigenvalue weighted by molar-refractivity contribution is 5.81. The molecule has 0 aliphatic heterocycles. The molecular weight excluding hydrogens is 168 g/mol. The molecular formula is C9H12N2O2. The molecule has 0 unspecified atom stereocenters. The van der Waals surface area contributed by atoms with Gasteiger partial charge in [-0.3, -0.25) is 4.79 Å². The maximum Gasteiger partial charge on any atom is 0.164 e. The summed E-state index contributed by atoms with van der Waals surface area (Å²) in [7, 11) is 1.50. The summed E-state index contributed by atoms with van der Waals surface area (Å²) in [6, 6.07) is 1.74. The lowest BCUT2D eigenvalue weighted by atomic mass is 10.2. The fraction of sp³-hybridized carbons (Fsp3) is 0.444. The van der Waals surface area contributed by atoms with E-state index >= 15 is 0 Å². The molecule has 1 aromatic heterocycles. The Morgan fingerprint density at radius 2 is 2.38 bits per heavy atom. The highest BCUT2D eigenvalue weighted by Gasteiger charge is 2.03. The maximum absolute atomic E-state index is 11.1. The zero-order valence-electron chi connectivity index (χ0n) is 7.78. The number of aryl methyl sites for hydroxylation is 1. The normalized spacial score (nSPS) is 10.0. The Morgan fingerprint density at radius 3 is 3.00 bits per heavy atom. The predicted molar refractivity (Wildman–Crippen MR) is 47.4 cm³/mol. The lowest BCUT2D eigenvalue weighted by Crippen LogP contribution is -2.11. The average molecular weight is 180 g/mol. The van der Waals surface area contributed by atoms with Gasteiger partial charge in [0.15, 0.2) is 5.78 Å². The van der Waals surface area contributed by atoms with Crippen molar-refractivity contribution in [1.29, 1.82) is 0 Å². The molecule has 0 aromatic carbocycles. The number of hydrogen-bond acceptors (Lipinski definition) is 4. The van der Waals surface area contributed by atoms with Gasteiger partial charge in [-0.15, -0.1) is 0 Å². The van der Waals surface area contributed by atoms with E-state index in [0.29, 0.717) is 12.2 Å². The van der Waals surface area contributed by atoms with Gasteiger partial charge in [-0.25, -0.2) is 9.97 Å². The summed E-state index contributed by atoms with van der Waals surface area (Å²) in [5, 5.41) is 0. The number of nitrogens with zero attached hydrogens (tertiary/aromatic N) is 2. The minimum atomic E-state index is 0.0283. The van der Waals surface area contributed by atoms with Gasteiger partial charge >= 0.3 is 0 Å². The summed E-state index contributed by atoms with van der Waals surface area (Å²) in [5.41, 5.74) is 0.745. The predicted octanol–water partition coefficient (Wildman–Crippen LogP) is 0.543. The van der Waals surface area contributed by atoms with E-state index in [9.17, 15) is 4.79 Å². The van der Waals surface area contributed by atoms with Gasteiger partial charge in [-0.05, 0) is 13.0 Å². The third-order valence-electron chi connectivity index (χ3n) is 1.52. The Morgan fingerprint density at radius 1 is 1.62 bits per heavy atom. The molecule has 0 aliphatic carbocycles. The molecule has 4 nitrogen and oxygen atoms in total. The summed E-state index contributed by atoms with van der Waals surface area (Å²) >= 11 is 0. The molecule has 0 aliphatic rings. The van der Waals surface area contributed by atoms with Gasteiger partial charge in [0.1, 0.15) is 12.4 Å². The summed E-state index contributed by atoms with van der Waals surface area (Å²) in [5.74, 6) is 0.711. The first-order valence-electron chi connectivity index (χ1n) is 4.01. The summed E-state index contributed by atoms with van der Waals surface area (Å²) in [6.07, 6.45) is 1.97. The Hall–Kier alpha value is -1.29. The second kappa shape index (κ2) is 4.67. The number of Topliss-reactive ketones (excluding diaryl/α,β-unsaturated/α-hetero) is 1. The third-order valence-corrected chi connectivity index (χ3v) is 1.52. The van der Waals surface area contributed by atoms with Gasteiger partial charge < -0.3 is 4.74 Å². The zero-order valence-corrected chi connectivity index (χ0v) is 7.78. The van der Waals surface area contributed by atoms with Crippen LogP contribution in [0.15, 0.2) is 12.3 Å². The van der Waals surface area contributed by atoms with Crippen LogP contribution in [-0.4, -0.2) is 29.5 Å². The summed E-state index contributed by atoms with van der Waals surface area (Å²) in [4.78, 5) is 19.2. The van der Waals surface area contributed by atoms with Crippen LogP contribution < -0.4 is 0 Å². The maximum atomic E-state index is 11.1. The largest absolute Gasteiger partial charge is 0.377 e. The number of carbonyl (C=O) groups excluding carboxylic acids is 1. The van der Waals surface area contributed by atoms with Crippen LogP contribution in [0.5, 0.6) is 0 Å². The van der Waals surface area contributed by atoms with E-state index in [-0.39, 0.29) is 12.4 Å². The fourth-order valence-electron chi connectivity index (χ4n) is 1.02. The van der Waals surface area contributed by atoms with E-state index in [1.807, 2.05) is 0 Å². The van der Waals surface area contributed by atoms with Crippen LogP contribution in [0.4, 0.5) is 0 Å². The number of methoxy groups -OCH3 is 1. The van der Waals surface area contributed by atoms with Gasteiger partial charge in [-0.2, -0.15) is 0 Å². The van der Waals surface area contributed by atoms with E-state index in [1.54, 1.807) is 19.2 Å². The average Bonchev–Trinajstić information content (AvgIpc) is 2.04. The number of rotatable bonds is 4. The molecule has 0 amide bonds. The van der Waals surface area contributed by atoms with Crippen molar-refractivity contribution in [3.63, 3.8) is 0 Å². The Balaban J connectivity index is 2.58. The fourth-order valence-corrected chi connectivity index (χ4v) is 1.02. The lowest BCUT2D eigenvalue weighted by molar-refractivity contribution is -0.122. The van der Waals surface area contributed by atoms with Gasteiger partial charge in [0, 0.05) is 13.3 Å². The molecule has 0 bridgehead atoms. The van der Waals surface area contributed by atoms with Crippen molar-refractivity contribution in [2.24, 2.45) is 0 Å². The van der Waals surface area contributed by atoms with Crippen LogP contribution in [0, 0.1) is 6.92 Å². The zero-order chi connectivity index (χ0) is 9.68. The van der Waals surface area contributed by atoms with E-state index in [0.717, 1.165) is 5.69 Å². The van der Waals surface area contributed by atoms with Gasteiger partial charge in [-0.1, -0.05) is 0 Å². The molecule has 1 aromatic rings. The number of ketones is 1. The number of ether oxygens (including phenoxy) is 1. The monoisotopic (exact) mass is 180 g/mol. The molecule has 0 saturated carbocycles. The first kappa shape index (κ1) is 9.80. The van der Waals surface area contributed by atoms with E-state index < -0.39 is 0 Å². The summed E-state index contributed by atoms with van der Waals surface area (Å²) in [6.45, 7) is 1.94. The Labute approximate surface area is 77.0 Å². The molecule has 0 radical (unpaired) electrons. The third kappa shape index (κ3) is 3.29. The Bertz CT molecular complexity index is 299. The second-order valence-electron chi connectivity index (χ2n) is 2.74. The smallest absolute Gasteiger partial charge is 0.164 e. The SMILES string of the molecule is COCC(=O)Cc1ccnc(C)n1. The first-order chi connectivity index (χ1) is 6.22. The topological polar surface area (TPSA) is 52.1 Å². The molecule has 4 heteroatoms. The van der Waals surface area contributed by atoms with Gasteiger partial charge in [0.25, 0.3) is 0 Å². The molecule has 0 atom stereocenters. The van der Waals surface area contributed by atoms with E-state index in [1.165, 1.54) is 7.11 Å². The van der Waals surface area contributed by atoms with Crippen LogP contribution in [0.2, 0.25) is 0 Å². The first-order valence-corrected chi connectivity index (χ1v) is 4.01. The molecule has 0 saturated heterocycles. The van der Waals surface area contributed by atoms with Gasteiger partial charge in [0.05, 0.1) is 12.1 Å². The van der Waals surface area contributed by atoms with Crippen molar-refractivity contribution in [3.05, 3.63) is 23.8 Å². The molecule has 13 heavy (non-hydrogen) atoms. The van der Waals surface area contributed by atoms with Crippen LogP contribution in [-0.2, 0) is 16.0 Å². The van der Waals surface area contributed by atoms with Crippen molar-refractivity contribution >= 4 is 5.78 Å². The van der Waals surface area contributed by atoms with Gasteiger partial charge in [0.2, 0.25) is 0 Å². The minimum Gasteiger partial charge on any atom is -0.377 e. The van der Waals surface area contributed by atoms with E-state index in [2.05, 4.69) is 9.97 Å². The van der Waals surface area contributed by atoms with Crippen LogP contribution in [0.25, 0.3) is 0 Å². The quantitative estimate of drug-likeness (QED) is 0.678. The highest BCUT2D eigenvalue weighted by atomic mass is 16.5. The van der Waals surface area contributed by atoms with Crippen LogP contribution >= 0.6 is 0 Å². The lowest BCUT2D eigenvalue weighted by Gasteiger charge is -1.99. The highest BCUT2D eigenvalue weighted by Crippen LogP contribution is 1.96. The molecule has 0 spiro atoms. The van der Waals surface area contributed by atoms with Crippen molar-refractivity contribution in [2.75, 3.05) is 13.7 Å². The summed E-state index contributed by atoms with van der Waals surface area (Å²) < 4.78 is 4.71. The van der Waals surface area contributed by atoms with E-state index in [4.69, 9.17) is 4.74 Å². The molecule has 0 N–H and O–H groups in total. The number of hydrogen-bond donors (Lipinski definition) is 0. The van der Waals surface area contributed by atoms with Crippen LogP contribution in [0.1, 0.15) is 11.5 Å². The standard InChI is InChI=1S/C9H12N2O2/c1-7-10-4-3-8(11-7)5-9(12)6-13-2/h3-4H,5-6H2,1-2H3. The number of aromatic nitrogens is 2. The number of carbonyl (C=O) groups is 1. The molecule has 0 fully saturated rings. The Kier molecular flexibility index (Phi) is 3.52. The van der Waals surface area contributed by atoms with Crippen molar-refractivity contribution in [2.45, 2.75) is 13.3 Å². The molecule has 1 rings (SSSR count). The van der Waals surface area contributed by atoms with Crippen molar-refractivity contribution in [3.8, 4) is 0 Å². The second-order valence-corrected chi connectivity index (χ2v) is 2.74. The van der Waals surface area contributed by atoms with Crippen molar-refractivity contribution < 1.29 is 9.53 Å². The van der Waals surface area contributed by atoms with Crippen LogP contribution in [0.3, 0.4) is 0 Å². The molecule has 1 heterocycles.